The average molecular weight is 370 g/mol. The topological polar surface area (TPSA) is 109 Å². The van der Waals surface area contributed by atoms with Crippen molar-refractivity contribution in [3.05, 3.63) is 59.7 Å². The lowest BCUT2D eigenvalue weighted by Gasteiger charge is -2.16. The van der Waals surface area contributed by atoms with Gasteiger partial charge in [0, 0.05) is 16.5 Å². The summed E-state index contributed by atoms with van der Waals surface area (Å²) in [6.07, 6.45) is 0.235. The van der Waals surface area contributed by atoms with Crippen molar-refractivity contribution in [1.82, 2.24) is 10.3 Å². The largest absolute Gasteiger partial charge is 0.505 e. The van der Waals surface area contributed by atoms with Crippen molar-refractivity contribution in [3.8, 4) is 17.2 Å². The third kappa shape index (κ3) is 3.64. The number of ether oxygens (including phenoxy) is 1. The van der Waals surface area contributed by atoms with Gasteiger partial charge in [0.2, 0.25) is 6.41 Å². The van der Waals surface area contributed by atoms with Crippen LogP contribution in [0.5, 0.6) is 17.2 Å². The number of fused-ring (bicyclic) bond motifs is 1. The highest BCUT2D eigenvalue weighted by atomic mass is 19.1. The number of amides is 1. The second-order valence-corrected chi connectivity index (χ2v) is 5.75. The molecule has 0 radical (unpaired) electrons. The summed E-state index contributed by atoms with van der Waals surface area (Å²) in [5.74, 6) is -1.20. The molecule has 3 N–H and O–H groups in total. The number of halogens is 1. The molecule has 27 heavy (non-hydrogen) atoms. The Labute approximate surface area is 153 Å². The fraction of sp³-hybridized carbons (Fsp3) is 0.105. The van der Waals surface area contributed by atoms with E-state index in [9.17, 15) is 24.2 Å². The number of nitrogens with one attached hydrogen (secondary N) is 1. The maximum Gasteiger partial charge on any atom is 0.332 e. The minimum Gasteiger partial charge on any atom is -0.505 e. The Kier molecular flexibility index (Phi) is 4.89. The van der Waals surface area contributed by atoms with Crippen LogP contribution in [0.4, 0.5) is 4.39 Å². The summed E-state index contributed by atoms with van der Waals surface area (Å²) in [6, 6.07) is 8.80. The Hall–Kier alpha value is -3.68. The zero-order valence-electron chi connectivity index (χ0n) is 14.1. The molecule has 138 valence electrons. The number of aromatic nitrogens is 1. The molecule has 8 heteroatoms. The van der Waals surface area contributed by atoms with E-state index in [0.717, 1.165) is 0 Å². The maximum absolute atomic E-state index is 13.0. The average Bonchev–Trinajstić information content (AvgIpc) is 2.64. The standard InChI is InChI=1S/C19H15FN2O5/c1-10-15-8-13(27-12-4-2-11(20)3-5-12)6-7-14(15)18(24)16(22-10)17(19(25)26)21-9-23/h2-9,17,24H,1H3,(H,21,23)(H,25,26)/t17-/m0/s1. The molecule has 1 aromatic heterocycles. The number of carboxylic acid groups (broad SMARTS) is 1. The van der Waals surface area contributed by atoms with Gasteiger partial charge < -0.3 is 20.3 Å². The van der Waals surface area contributed by atoms with Crippen molar-refractivity contribution in [2.75, 3.05) is 0 Å². The van der Waals surface area contributed by atoms with E-state index in [2.05, 4.69) is 10.3 Å². The molecule has 2 aromatic carbocycles. The van der Waals surface area contributed by atoms with Crippen LogP contribution in [-0.4, -0.2) is 27.6 Å². The van der Waals surface area contributed by atoms with Crippen LogP contribution < -0.4 is 10.1 Å². The third-order valence-electron chi connectivity index (χ3n) is 3.97. The van der Waals surface area contributed by atoms with E-state index in [0.29, 0.717) is 28.0 Å². The first kappa shape index (κ1) is 18.1. The van der Waals surface area contributed by atoms with Gasteiger partial charge in [-0.05, 0) is 49.4 Å². The second-order valence-electron chi connectivity index (χ2n) is 5.75. The maximum atomic E-state index is 13.0. The Balaban J connectivity index is 2.04. The number of nitrogens with zero attached hydrogens (tertiary/aromatic N) is 1. The van der Waals surface area contributed by atoms with Gasteiger partial charge in [-0.25, -0.2) is 9.18 Å². The Morgan fingerprint density at radius 1 is 1.19 bits per heavy atom. The number of pyridine rings is 1. The molecule has 7 nitrogen and oxygen atoms in total. The van der Waals surface area contributed by atoms with Crippen LogP contribution in [0.25, 0.3) is 10.8 Å². The fourth-order valence-corrected chi connectivity index (χ4v) is 2.70. The summed E-state index contributed by atoms with van der Waals surface area (Å²) in [5.41, 5.74) is 0.285. The van der Waals surface area contributed by atoms with Gasteiger partial charge in [0.15, 0.2) is 6.04 Å². The lowest BCUT2D eigenvalue weighted by atomic mass is 10.0. The van der Waals surface area contributed by atoms with Gasteiger partial charge in [-0.1, -0.05) is 0 Å². The number of aliphatic carboxylic acids is 1. The minimum absolute atomic E-state index is 0.160. The number of carbonyl (C=O) groups excluding carboxylic acids is 1. The molecule has 0 spiro atoms. The number of carboxylic acids is 1. The number of benzene rings is 2. The van der Waals surface area contributed by atoms with Gasteiger partial charge in [-0.3, -0.25) is 9.78 Å². The summed E-state index contributed by atoms with van der Waals surface area (Å²) >= 11 is 0. The lowest BCUT2D eigenvalue weighted by molar-refractivity contribution is -0.140. The summed E-state index contributed by atoms with van der Waals surface area (Å²) in [6.45, 7) is 1.65. The molecule has 0 aliphatic rings. The smallest absolute Gasteiger partial charge is 0.332 e. The summed E-state index contributed by atoms with van der Waals surface area (Å²) in [7, 11) is 0. The molecule has 1 amide bonds. The number of hydrogen-bond donors (Lipinski definition) is 3. The monoisotopic (exact) mass is 370 g/mol. The predicted octanol–water partition coefficient (Wildman–Crippen LogP) is 3.05. The molecule has 3 aromatic rings. The summed E-state index contributed by atoms with van der Waals surface area (Å²) in [4.78, 5) is 26.2. The van der Waals surface area contributed by atoms with Crippen molar-refractivity contribution in [3.63, 3.8) is 0 Å². The zero-order valence-corrected chi connectivity index (χ0v) is 14.1. The van der Waals surface area contributed by atoms with Crippen LogP contribution in [0.2, 0.25) is 0 Å². The van der Waals surface area contributed by atoms with E-state index in [4.69, 9.17) is 4.74 Å². The highest BCUT2D eigenvalue weighted by molar-refractivity contribution is 5.93. The lowest BCUT2D eigenvalue weighted by Crippen LogP contribution is -2.28. The number of rotatable bonds is 6. The fourth-order valence-electron chi connectivity index (χ4n) is 2.70. The molecule has 0 bridgehead atoms. The first-order valence-corrected chi connectivity index (χ1v) is 7.90. The van der Waals surface area contributed by atoms with E-state index < -0.39 is 12.0 Å². The summed E-state index contributed by atoms with van der Waals surface area (Å²) < 4.78 is 18.6. The Bertz CT molecular complexity index is 1020. The van der Waals surface area contributed by atoms with Gasteiger partial charge in [-0.15, -0.1) is 0 Å². The number of hydrogen-bond acceptors (Lipinski definition) is 5. The van der Waals surface area contributed by atoms with E-state index in [-0.39, 0.29) is 23.7 Å². The van der Waals surface area contributed by atoms with Gasteiger partial charge in [-0.2, -0.15) is 0 Å². The van der Waals surface area contributed by atoms with Crippen molar-refractivity contribution in [2.24, 2.45) is 0 Å². The number of aryl methyl sites for hydroxylation is 1. The summed E-state index contributed by atoms with van der Waals surface area (Å²) in [5, 5.41) is 22.8. The molecule has 1 atom stereocenters. The van der Waals surface area contributed by atoms with Crippen LogP contribution in [-0.2, 0) is 9.59 Å². The highest BCUT2D eigenvalue weighted by Crippen LogP contribution is 2.35. The Morgan fingerprint density at radius 2 is 1.85 bits per heavy atom. The van der Waals surface area contributed by atoms with Gasteiger partial charge in [0.05, 0.1) is 0 Å². The van der Waals surface area contributed by atoms with E-state index >= 15 is 0 Å². The molecule has 0 saturated heterocycles. The molecule has 0 aliphatic heterocycles. The van der Waals surface area contributed by atoms with Crippen molar-refractivity contribution < 1.29 is 28.9 Å². The van der Waals surface area contributed by atoms with E-state index in [1.54, 1.807) is 25.1 Å². The number of carbonyl (C=O) groups is 2. The Morgan fingerprint density at radius 3 is 2.48 bits per heavy atom. The highest BCUT2D eigenvalue weighted by Gasteiger charge is 2.26. The number of aromatic hydroxyl groups is 1. The molecule has 3 rings (SSSR count). The van der Waals surface area contributed by atoms with Gasteiger partial charge >= 0.3 is 5.97 Å². The van der Waals surface area contributed by atoms with Crippen LogP contribution in [0.3, 0.4) is 0 Å². The molecule has 0 aliphatic carbocycles. The quantitative estimate of drug-likeness (QED) is 0.576. The van der Waals surface area contributed by atoms with Crippen LogP contribution in [0.1, 0.15) is 17.4 Å². The molecule has 0 unspecified atom stereocenters. The second kappa shape index (κ2) is 7.28. The molecule has 0 fully saturated rings. The molecule has 1 heterocycles. The third-order valence-corrected chi connectivity index (χ3v) is 3.97. The van der Waals surface area contributed by atoms with E-state index in [1.807, 2.05) is 0 Å². The molecular weight excluding hydrogens is 355 g/mol. The normalized spacial score (nSPS) is 11.8. The SMILES string of the molecule is Cc1nc([C@H](NC=O)C(=O)O)c(O)c2ccc(Oc3ccc(F)cc3)cc12. The van der Waals surface area contributed by atoms with Crippen molar-refractivity contribution in [2.45, 2.75) is 13.0 Å². The minimum atomic E-state index is -1.47. The molecule has 0 saturated carbocycles. The van der Waals surface area contributed by atoms with E-state index in [1.165, 1.54) is 24.3 Å². The zero-order chi connectivity index (χ0) is 19.6. The van der Waals surface area contributed by atoms with Gasteiger partial charge in [0.25, 0.3) is 0 Å². The van der Waals surface area contributed by atoms with Crippen LogP contribution >= 0.6 is 0 Å². The first-order valence-electron chi connectivity index (χ1n) is 7.90. The van der Waals surface area contributed by atoms with Crippen LogP contribution in [0.15, 0.2) is 42.5 Å². The van der Waals surface area contributed by atoms with Crippen molar-refractivity contribution in [1.29, 1.82) is 0 Å². The van der Waals surface area contributed by atoms with Crippen molar-refractivity contribution >= 4 is 23.2 Å². The van der Waals surface area contributed by atoms with Crippen LogP contribution in [0, 0.1) is 12.7 Å². The molecular formula is C19H15FN2O5. The first-order chi connectivity index (χ1) is 12.9. The predicted molar refractivity (Wildman–Crippen MR) is 94.2 cm³/mol. The van der Waals surface area contributed by atoms with Gasteiger partial charge in [0.1, 0.15) is 28.8 Å².